The summed E-state index contributed by atoms with van der Waals surface area (Å²) in [6.45, 7) is 0.308. The van der Waals surface area contributed by atoms with Gasteiger partial charge < -0.3 is 14.8 Å². The Morgan fingerprint density at radius 3 is 2.06 bits per heavy atom. The Morgan fingerprint density at radius 1 is 0.906 bits per heavy atom. The summed E-state index contributed by atoms with van der Waals surface area (Å²) in [7, 11) is -1.72. The highest BCUT2D eigenvalue weighted by molar-refractivity contribution is 7.89. The molecule has 1 aromatic rings. The summed E-state index contributed by atoms with van der Waals surface area (Å²) in [4.78, 5) is 36.6. The minimum Gasteiger partial charge on any atom is -0.465 e. The normalized spacial score (nSPS) is 20.4. The molecule has 0 bridgehead atoms. The fourth-order valence-electron chi connectivity index (χ4n) is 4.31. The highest BCUT2D eigenvalue weighted by Crippen LogP contribution is 2.27. The van der Waals surface area contributed by atoms with Crippen LogP contribution in [-0.2, 0) is 24.3 Å². The molecule has 1 amide bonds. The van der Waals surface area contributed by atoms with Crippen molar-refractivity contribution >= 4 is 27.9 Å². The third-order valence-corrected chi connectivity index (χ3v) is 7.94. The number of piperidine rings is 1. The van der Waals surface area contributed by atoms with Gasteiger partial charge in [-0.05, 0) is 43.9 Å². The molecule has 1 unspecified atom stereocenters. The van der Waals surface area contributed by atoms with E-state index in [1.807, 2.05) is 0 Å². The minimum absolute atomic E-state index is 0.0525. The maximum Gasteiger partial charge on any atom is 0.337 e. The number of hydrogen-bond donors (Lipinski definition) is 1. The Balaban J connectivity index is 1.82. The molecular weight excluding hydrogens is 436 g/mol. The van der Waals surface area contributed by atoms with Gasteiger partial charge >= 0.3 is 11.9 Å². The van der Waals surface area contributed by atoms with E-state index < -0.39 is 27.9 Å². The van der Waals surface area contributed by atoms with Crippen LogP contribution in [0.5, 0.6) is 0 Å². The van der Waals surface area contributed by atoms with Crippen LogP contribution in [0.1, 0.15) is 65.7 Å². The van der Waals surface area contributed by atoms with Crippen LogP contribution in [0.25, 0.3) is 0 Å². The van der Waals surface area contributed by atoms with Crippen LogP contribution in [0.2, 0.25) is 0 Å². The molecule has 3 rings (SSSR count). The van der Waals surface area contributed by atoms with E-state index in [9.17, 15) is 22.8 Å². The number of benzene rings is 1. The van der Waals surface area contributed by atoms with E-state index in [0.717, 1.165) is 25.7 Å². The lowest BCUT2D eigenvalue weighted by Gasteiger charge is -2.33. The number of amides is 1. The number of nitrogens with one attached hydrogen (secondary N) is 1. The third-order valence-electron chi connectivity index (χ3n) is 6.09. The molecule has 2 aliphatic rings. The predicted molar refractivity (Wildman–Crippen MR) is 116 cm³/mol. The van der Waals surface area contributed by atoms with Crippen LogP contribution >= 0.6 is 0 Å². The first-order valence-corrected chi connectivity index (χ1v) is 12.3. The number of nitrogens with zero attached hydrogens (tertiary/aromatic N) is 1. The molecule has 1 aliphatic carbocycles. The maximum absolute atomic E-state index is 13.4. The minimum atomic E-state index is -4.05. The van der Waals surface area contributed by atoms with Crippen LogP contribution in [-0.4, -0.2) is 63.9 Å². The SMILES string of the molecule is COC(=O)c1cc(C(=O)OC)cc(S(=O)(=O)N2CCCC(C(=O)NC3CCCCC3)C2)c1. The molecule has 1 heterocycles. The van der Waals surface area contributed by atoms with Crippen molar-refractivity contribution < 1.29 is 32.3 Å². The van der Waals surface area contributed by atoms with E-state index in [1.54, 1.807) is 0 Å². The number of ether oxygens (including phenoxy) is 2. The van der Waals surface area contributed by atoms with Gasteiger partial charge in [-0.15, -0.1) is 0 Å². The molecule has 0 radical (unpaired) electrons. The second-order valence-electron chi connectivity index (χ2n) is 8.27. The van der Waals surface area contributed by atoms with Crippen molar-refractivity contribution in [3.8, 4) is 0 Å². The van der Waals surface area contributed by atoms with E-state index in [0.29, 0.717) is 12.8 Å². The van der Waals surface area contributed by atoms with Gasteiger partial charge in [-0.2, -0.15) is 4.31 Å². The molecule has 1 saturated heterocycles. The zero-order chi connectivity index (χ0) is 23.3. The van der Waals surface area contributed by atoms with E-state index in [1.165, 1.54) is 43.1 Å². The molecule has 176 valence electrons. The van der Waals surface area contributed by atoms with Gasteiger partial charge in [-0.3, -0.25) is 4.79 Å². The largest absolute Gasteiger partial charge is 0.465 e. The van der Waals surface area contributed by atoms with Crippen molar-refractivity contribution in [1.82, 2.24) is 9.62 Å². The highest BCUT2D eigenvalue weighted by atomic mass is 32.2. The van der Waals surface area contributed by atoms with Crippen LogP contribution in [0.4, 0.5) is 0 Å². The van der Waals surface area contributed by atoms with E-state index in [4.69, 9.17) is 0 Å². The first kappa shape index (κ1) is 24.2. The van der Waals surface area contributed by atoms with Crippen LogP contribution in [0.15, 0.2) is 23.1 Å². The second kappa shape index (κ2) is 10.4. The van der Waals surface area contributed by atoms with Gasteiger partial charge in [0.15, 0.2) is 0 Å². The van der Waals surface area contributed by atoms with Gasteiger partial charge in [-0.1, -0.05) is 19.3 Å². The second-order valence-corrected chi connectivity index (χ2v) is 10.2. The Kier molecular flexibility index (Phi) is 7.89. The summed E-state index contributed by atoms with van der Waals surface area (Å²) < 4.78 is 37.3. The van der Waals surface area contributed by atoms with Gasteiger partial charge in [0.25, 0.3) is 0 Å². The molecule has 1 atom stereocenters. The van der Waals surface area contributed by atoms with E-state index in [2.05, 4.69) is 14.8 Å². The molecule has 0 spiro atoms. The molecule has 1 saturated carbocycles. The van der Waals surface area contributed by atoms with Crippen LogP contribution in [0, 0.1) is 5.92 Å². The quantitative estimate of drug-likeness (QED) is 0.638. The fourth-order valence-corrected chi connectivity index (χ4v) is 5.90. The topological polar surface area (TPSA) is 119 Å². The summed E-state index contributed by atoms with van der Waals surface area (Å²) in [5.74, 6) is -2.09. The molecule has 1 aliphatic heterocycles. The smallest absolute Gasteiger partial charge is 0.337 e. The lowest BCUT2D eigenvalue weighted by atomic mass is 9.93. The molecular formula is C22H30N2O7S. The van der Waals surface area contributed by atoms with Gasteiger partial charge in [0.05, 0.1) is 36.2 Å². The zero-order valence-electron chi connectivity index (χ0n) is 18.5. The number of carbonyl (C=O) groups is 3. The average molecular weight is 467 g/mol. The number of rotatable bonds is 6. The van der Waals surface area contributed by atoms with Crippen LogP contribution < -0.4 is 5.32 Å². The maximum atomic E-state index is 13.4. The van der Waals surface area contributed by atoms with Crippen molar-refractivity contribution in [1.29, 1.82) is 0 Å². The molecule has 2 fully saturated rings. The first-order chi connectivity index (χ1) is 15.3. The van der Waals surface area contributed by atoms with Crippen molar-refractivity contribution in [3.05, 3.63) is 29.3 Å². The van der Waals surface area contributed by atoms with E-state index >= 15 is 0 Å². The van der Waals surface area contributed by atoms with Gasteiger partial charge in [0.2, 0.25) is 15.9 Å². The van der Waals surface area contributed by atoms with Gasteiger partial charge in [0, 0.05) is 19.1 Å². The summed E-state index contributed by atoms with van der Waals surface area (Å²) in [5, 5.41) is 3.08. The Bertz CT molecular complexity index is 936. The molecule has 1 aromatic carbocycles. The standard InChI is InChI=1S/C22H30N2O7S/c1-30-21(26)16-11-17(22(27)31-2)13-19(12-16)32(28,29)24-10-6-7-15(14-24)20(25)23-18-8-4-3-5-9-18/h11-13,15,18H,3-10,14H2,1-2H3,(H,23,25). The fraction of sp³-hybridized carbons (Fsp3) is 0.591. The molecule has 0 aromatic heterocycles. The number of sulfonamides is 1. The number of esters is 2. The molecule has 10 heteroatoms. The predicted octanol–water partition coefficient (Wildman–Crippen LogP) is 2.11. The Morgan fingerprint density at radius 2 is 1.50 bits per heavy atom. The summed E-state index contributed by atoms with van der Waals surface area (Å²) in [6, 6.07) is 3.74. The molecule has 32 heavy (non-hydrogen) atoms. The van der Waals surface area contributed by atoms with Gasteiger partial charge in [-0.25, -0.2) is 18.0 Å². The molecule has 1 N–H and O–H groups in total. The van der Waals surface area contributed by atoms with Crippen molar-refractivity contribution in [2.24, 2.45) is 5.92 Å². The lowest BCUT2D eigenvalue weighted by molar-refractivity contribution is -0.127. The van der Waals surface area contributed by atoms with E-state index in [-0.39, 0.29) is 41.1 Å². The summed E-state index contributed by atoms with van der Waals surface area (Å²) in [6.07, 6.45) is 6.43. The average Bonchev–Trinajstić information content (AvgIpc) is 2.83. The lowest BCUT2D eigenvalue weighted by Crippen LogP contribution is -2.47. The Labute approximate surface area is 188 Å². The van der Waals surface area contributed by atoms with Crippen molar-refractivity contribution in [3.63, 3.8) is 0 Å². The monoisotopic (exact) mass is 466 g/mol. The van der Waals surface area contributed by atoms with Crippen LogP contribution in [0.3, 0.4) is 0 Å². The Hall–Kier alpha value is -2.46. The van der Waals surface area contributed by atoms with Crippen molar-refractivity contribution in [2.45, 2.75) is 55.9 Å². The number of hydrogen-bond acceptors (Lipinski definition) is 7. The summed E-state index contributed by atoms with van der Waals surface area (Å²) >= 11 is 0. The third kappa shape index (κ3) is 5.47. The number of carbonyl (C=O) groups excluding carboxylic acids is 3. The van der Waals surface area contributed by atoms with Gasteiger partial charge in [0.1, 0.15) is 0 Å². The zero-order valence-corrected chi connectivity index (χ0v) is 19.3. The summed E-state index contributed by atoms with van der Waals surface area (Å²) in [5.41, 5.74) is -0.143. The number of methoxy groups -OCH3 is 2. The van der Waals surface area contributed by atoms with Crippen molar-refractivity contribution in [2.75, 3.05) is 27.3 Å². The highest BCUT2D eigenvalue weighted by Gasteiger charge is 2.35. The first-order valence-electron chi connectivity index (χ1n) is 10.9. The molecule has 9 nitrogen and oxygen atoms in total.